The highest BCUT2D eigenvalue weighted by Crippen LogP contribution is 2.30. The zero-order valence-corrected chi connectivity index (χ0v) is 13.4. The first-order chi connectivity index (χ1) is 10.6. The number of hydrogen-bond acceptors (Lipinski definition) is 3. The van der Waals surface area contributed by atoms with E-state index < -0.39 is 0 Å². The highest BCUT2D eigenvalue weighted by atomic mass is 79.9. The molecule has 1 aromatic heterocycles. The van der Waals surface area contributed by atoms with Crippen molar-refractivity contribution in [3.05, 3.63) is 62.5 Å². The Balaban J connectivity index is 1.77. The van der Waals surface area contributed by atoms with E-state index in [0.29, 0.717) is 19.7 Å². The molecule has 0 bridgehead atoms. The number of halogens is 1. The van der Waals surface area contributed by atoms with Gasteiger partial charge in [0, 0.05) is 22.3 Å². The summed E-state index contributed by atoms with van der Waals surface area (Å²) in [7, 11) is 0. The summed E-state index contributed by atoms with van der Waals surface area (Å²) >= 11 is 3.51. The van der Waals surface area contributed by atoms with Crippen LogP contribution in [-0.4, -0.2) is 28.9 Å². The maximum atomic E-state index is 12.5. The van der Waals surface area contributed by atoms with Gasteiger partial charge in [-0.05, 0) is 17.7 Å². The lowest BCUT2D eigenvalue weighted by Gasteiger charge is -2.20. The molecule has 0 aliphatic carbocycles. The number of amides is 1. The molecule has 0 spiro atoms. The predicted molar refractivity (Wildman–Crippen MR) is 85.8 cm³/mol. The summed E-state index contributed by atoms with van der Waals surface area (Å²) in [5.41, 5.74) is 1.61. The molecular formula is C16H15BrN2O3. The third kappa shape index (κ3) is 3.22. The quantitative estimate of drug-likeness (QED) is 0.889. The molecule has 22 heavy (non-hydrogen) atoms. The summed E-state index contributed by atoms with van der Waals surface area (Å²) in [4.78, 5) is 27.9. The second-order valence-electron chi connectivity index (χ2n) is 5.12. The van der Waals surface area contributed by atoms with Gasteiger partial charge in [0.05, 0.1) is 19.5 Å². The topological polar surface area (TPSA) is 62.4 Å². The van der Waals surface area contributed by atoms with Crippen LogP contribution in [0.4, 0.5) is 0 Å². The minimum atomic E-state index is -0.169. The lowest BCUT2D eigenvalue weighted by Crippen LogP contribution is -2.33. The van der Waals surface area contributed by atoms with E-state index in [9.17, 15) is 9.59 Å². The molecule has 114 valence electrons. The highest BCUT2D eigenvalue weighted by Gasteiger charge is 2.21. The number of carbonyl (C=O) groups is 1. The first kappa shape index (κ1) is 14.8. The molecule has 2 aromatic rings. The van der Waals surface area contributed by atoms with Gasteiger partial charge in [-0.25, -0.2) is 0 Å². The van der Waals surface area contributed by atoms with Gasteiger partial charge in [-0.15, -0.1) is 0 Å². The van der Waals surface area contributed by atoms with Crippen molar-refractivity contribution in [1.29, 1.82) is 0 Å². The van der Waals surface area contributed by atoms with Crippen molar-refractivity contribution in [2.75, 3.05) is 13.2 Å². The molecule has 0 saturated heterocycles. The van der Waals surface area contributed by atoms with Crippen LogP contribution in [0.15, 0.2) is 45.8 Å². The number of benzene rings is 1. The van der Waals surface area contributed by atoms with Gasteiger partial charge in [0.2, 0.25) is 11.5 Å². The molecule has 3 rings (SSSR count). The molecule has 1 amide bonds. The normalized spacial score (nSPS) is 14.0. The minimum Gasteiger partial charge on any atom is -0.491 e. The van der Waals surface area contributed by atoms with E-state index in [4.69, 9.17) is 4.74 Å². The second-order valence-corrected chi connectivity index (χ2v) is 5.97. The monoisotopic (exact) mass is 362 g/mol. The van der Waals surface area contributed by atoms with Crippen LogP contribution in [0.25, 0.3) is 0 Å². The number of hydrogen-bond donors (Lipinski definition) is 1. The Morgan fingerprint density at radius 2 is 2.18 bits per heavy atom. The summed E-state index contributed by atoms with van der Waals surface area (Å²) < 4.78 is 6.64. The van der Waals surface area contributed by atoms with Crippen LogP contribution in [0.1, 0.15) is 11.1 Å². The van der Waals surface area contributed by atoms with Crippen LogP contribution >= 0.6 is 15.9 Å². The molecule has 0 radical (unpaired) electrons. The molecular weight excluding hydrogens is 348 g/mol. The van der Waals surface area contributed by atoms with Gasteiger partial charge >= 0.3 is 0 Å². The molecule has 2 heterocycles. The van der Waals surface area contributed by atoms with E-state index >= 15 is 0 Å². The van der Waals surface area contributed by atoms with Crippen molar-refractivity contribution in [3.8, 4) is 5.75 Å². The summed E-state index contributed by atoms with van der Waals surface area (Å²) in [5.74, 6) is 0.827. The van der Waals surface area contributed by atoms with Gasteiger partial charge in [0.1, 0.15) is 12.4 Å². The fourth-order valence-electron chi connectivity index (χ4n) is 2.42. The van der Waals surface area contributed by atoms with Gasteiger partial charge in [-0.3, -0.25) is 9.59 Å². The Kier molecular flexibility index (Phi) is 4.29. The summed E-state index contributed by atoms with van der Waals surface area (Å²) in [5, 5.41) is 0. The fraction of sp³-hybridized carbons (Fsp3) is 0.250. The Bertz CT molecular complexity index is 737. The number of H-pyrrole nitrogens is 1. The lowest BCUT2D eigenvalue weighted by atomic mass is 10.1. The van der Waals surface area contributed by atoms with E-state index in [0.717, 1.165) is 21.3 Å². The van der Waals surface area contributed by atoms with Gasteiger partial charge in [0.25, 0.3) is 0 Å². The Morgan fingerprint density at radius 1 is 1.32 bits per heavy atom. The Hall–Kier alpha value is -2.08. The van der Waals surface area contributed by atoms with Gasteiger partial charge < -0.3 is 14.6 Å². The number of nitrogens with zero attached hydrogens (tertiary/aromatic N) is 1. The number of aromatic amines is 1. The minimum absolute atomic E-state index is 0.0132. The van der Waals surface area contributed by atoms with Crippen molar-refractivity contribution < 1.29 is 9.53 Å². The smallest absolute Gasteiger partial charge is 0.247 e. The van der Waals surface area contributed by atoms with Gasteiger partial charge in [-0.2, -0.15) is 0 Å². The number of pyridine rings is 1. The van der Waals surface area contributed by atoms with Crippen LogP contribution in [0.5, 0.6) is 5.75 Å². The van der Waals surface area contributed by atoms with Crippen molar-refractivity contribution >= 4 is 21.8 Å². The lowest BCUT2D eigenvalue weighted by molar-refractivity contribution is -0.131. The van der Waals surface area contributed by atoms with E-state index in [2.05, 4.69) is 20.9 Å². The largest absolute Gasteiger partial charge is 0.491 e. The molecule has 1 aromatic carbocycles. The van der Waals surface area contributed by atoms with Crippen LogP contribution in [0.3, 0.4) is 0 Å². The number of carbonyl (C=O) groups excluding carboxylic acids is 1. The zero-order chi connectivity index (χ0) is 15.5. The average molecular weight is 363 g/mol. The number of aromatic nitrogens is 1. The fourth-order valence-corrected chi connectivity index (χ4v) is 2.89. The molecule has 6 heteroatoms. The number of rotatable bonds is 2. The molecule has 0 fully saturated rings. The van der Waals surface area contributed by atoms with E-state index in [1.807, 2.05) is 18.2 Å². The molecule has 0 unspecified atom stereocenters. The second kappa shape index (κ2) is 6.36. The molecule has 1 aliphatic heterocycles. The number of fused-ring (bicyclic) bond motifs is 1. The average Bonchev–Trinajstić information content (AvgIpc) is 2.73. The first-order valence-electron chi connectivity index (χ1n) is 6.99. The number of nitrogens with one attached hydrogen (secondary N) is 1. The SMILES string of the molecule is O=C(Cc1ccc(=O)[nH]c1)N1CCOc2cccc(Br)c2C1. The van der Waals surface area contributed by atoms with Crippen molar-refractivity contribution in [2.45, 2.75) is 13.0 Å². The summed E-state index contributed by atoms with van der Waals surface area (Å²) in [6.45, 7) is 1.53. The Labute approximate surface area is 136 Å². The zero-order valence-electron chi connectivity index (χ0n) is 11.8. The maximum Gasteiger partial charge on any atom is 0.247 e. The molecule has 1 N–H and O–H groups in total. The maximum absolute atomic E-state index is 12.5. The van der Waals surface area contributed by atoms with E-state index in [1.54, 1.807) is 17.2 Å². The molecule has 0 atom stereocenters. The summed E-state index contributed by atoms with van der Waals surface area (Å²) in [6.07, 6.45) is 1.84. The van der Waals surface area contributed by atoms with E-state index in [-0.39, 0.29) is 17.9 Å². The third-order valence-corrected chi connectivity index (χ3v) is 4.34. The van der Waals surface area contributed by atoms with Crippen LogP contribution in [0.2, 0.25) is 0 Å². The third-order valence-electron chi connectivity index (χ3n) is 3.60. The standard InChI is InChI=1S/C16H15BrN2O3/c17-13-2-1-3-14-12(13)10-19(6-7-22-14)16(21)8-11-4-5-15(20)18-9-11/h1-5,9H,6-8,10H2,(H,18,20). The van der Waals surface area contributed by atoms with Crippen LogP contribution in [0, 0.1) is 0 Å². The summed E-state index contributed by atoms with van der Waals surface area (Å²) in [6, 6.07) is 8.88. The van der Waals surface area contributed by atoms with Crippen molar-refractivity contribution in [3.63, 3.8) is 0 Å². The van der Waals surface area contributed by atoms with Crippen molar-refractivity contribution in [1.82, 2.24) is 9.88 Å². The molecule has 0 saturated carbocycles. The first-order valence-corrected chi connectivity index (χ1v) is 7.78. The van der Waals surface area contributed by atoms with E-state index in [1.165, 1.54) is 6.07 Å². The van der Waals surface area contributed by atoms with Crippen LogP contribution < -0.4 is 10.3 Å². The van der Waals surface area contributed by atoms with Crippen molar-refractivity contribution in [2.24, 2.45) is 0 Å². The Morgan fingerprint density at radius 3 is 2.95 bits per heavy atom. The predicted octanol–water partition coefficient (Wildman–Crippen LogP) is 2.10. The molecule has 5 nitrogen and oxygen atoms in total. The van der Waals surface area contributed by atoms with Crippen LogP contribution in [-0.2, 0) is 17.8 Å². The highest BCUT2D eigenvalue weighted by molar-refractivity contribution is 9.10. The molecule has 1 aliphatic rings. The van der Waals surface area contributed by atoms with Gasteiger partial charge in [-0.1, -0.05) is 28.1 Å². The van der Waals surface area contributed by atoms with Gasteiger partial charge in [0.15, 0.2) is 0 Å². The number of ether oxygens (including phenoxy) is 1.